The van der Waals surface area contributed by atoms with Gasteiger partial charge in [0.2, 0.25) is 5.91 Å². The molecule has 212 valence electrons. The van der Waals surface area contributed by atoms with Crippen LogP contribution in [0.1, 0.15) is 75.3 Å². The molecule has 0 spiro atoms. The van der Waals surface area contributed by atoms with Crippen LogP contribution in [0.25, 0.3) is 0 Å². The number of carbonyl (C=O) groups is 2. The minimum absolute atomic E-state index is 0.0165. The number of carbonyl (C=O) groups excluding carboxylic acids is 2. The molecule has 1 aliphatic heterocycles. The van der Waals surface area contributed by atoms with Crippen LogP contribution in [0.15, 0.2) is 36.4 Å². The van der Waals surface area contributed by atoms with Crippen LogP contribution in [-0.2, 0) is 22.4 Å². The number of amides is 2. The average molecular weight is 540 g/mol. The SMILES string of the molecule is O=C1COc2c(CCCCCN(C(=O)CCNCCc3cccc(F)c3)C3CCCCCC3)ccc(O)c2N1. The van der Waals surface area contributed by atoms with Crippen LogP contribution in [0.5, 0.6) is 11.5 Å². The highest BCUT2D eigenvalue weighted by molar-refractivity contribution is 5.97. The first-order valence-electron chi connectivity index (χ1n) is 14.5. The van der Waals surface area contributed by atoms with Crippen molar-refractivity contribution in [1.29, 1.82) is 0 Å². The quantitative estimate of drug-likeness (QED) is 0.181. The molecule has 2 aromatic rings. The van der Waals surface area contributed by atoms with Crippen LogP contribution in [0.3, 0.4) is 0 Å². The number of nitrogens with zero attached hydrogens (tertiary/aromatic N) is 1. The molecule has 39 heavy (non-hydrogen) atoms. The largest absolute Gasteiger partial charge is 0.506 e. The number of aromatic hydroxyl groups is 1. The summed E-state index contributed by atoms with van der Waals surface area (Å²) in [6.07, 6.45) is 11.9. The Bertz CT molecular complexity index is 1100. The summed E-state index contributed by atoms with van der Waals surface area (Å²) in [6.45, 7) is 2.07. The van der Waals surface area contributed by atoms with Gasteiger partial charge >= 0.3 is 0 Å². The van der Waals surface area contributed by atoms with E-state index in [1.165, 1.54) is 31.7 Å². The second-order valence-corrected chi connectivity index (χ2v) is 10.7. The molecule has 0 bridgehead atoms. The molecule has 0 saturated heterocycles. The monoisotopic (exact) mass is 539 g/mol. The minimum Gasteiger partial charge on any atom is -0.506 e. The Kier molecular flexibility index (Phi) is 11.0. The summed E-state index contributed by atoms with van der Waals surface area (Å²) < 4.78 is 19.0. The van der Waals surface area contributed by atoms with E-state index < -0.39 is 0 Å². The zero-order valence-corrected chi connectivity index (χ0v) is 22.9. The maximum absolute atomic E-state index is 13.4. The third kappa shape index (κ3) is 8.68. The van der Waals surface area contributed by atoms with Gasteiger partial charge in [-0.15, -0.1) is 0 Å². The van der Waals surface area contributed by atoms with E-state index in [1.54, 1.807) is 18.2 Å². The van der Waals surface area contributed by atoms with Crippen LogP contribution in [0.4, 0.5) is 10.1 Å². The number of phenolic OH excluding ortho intramolecular Hbond substituents is 1. The maximum Gasteiger partial charge on any atom is 0.262 e. The number of aryl methyl sites for hydroxylation is 1. The van der Waals surface area contributed by atoms with Crippen LogP contribution < -0.4 is 15.4 Å². The van der Waals surface area contributed by atoms with Crippen LogP contribution in [-0.4, -0.2) is 54.1 Å². The molecule has 4 rings (SSSR count). The first kappa shape index (κ1) is 28.9. The predicted molar refractivity (Wildman–Crippen MR) is 151 cm³/mol. The fourth-order valence-electron chi connectivity index (χ4n) is 5.66. The van der Waals surface area contributed by atoms with Crippen molar-refractivity contribution in [2.75, 3.05) is 31.6 Å². The molecule has 1 fully saturated rings. The minimum atomic E-state index is -0.264. The Morgan fingerprint density at radius 1 is 1.05 bits per heavy atom. The number of benzene rings is 2. The number of hydrogen-bond donors (Lipinski definition) is 3. The normalized spacial score (nSPS) is 15.7. The summed E-state index contributed by atoms with van der Waals surface area (Å²) in [5.74, 6) is 0.320. The smallest absolute Gasteiger partial charge is 0.262 e. The molecule has 3 N–H and O–H groups in total. The highest BCUT2D eigenvalue weighted by Gasteiger charge is 2.25. The second-order valence-electron chi connectivity index (χ2n) is 10.7. The molecule has 8 heteroatoms. The highest BCUT2D eigenvalue weighted by atomic mass is 19.1. The molecule has 0 unspecified atom stereocenters. The molecule has 7 nitrogen and oxygen atoms in total. The highest BCUT2D eigenvalue weighted by Crippen LogP contribution is 2.39. The van der Waals surface area contributed by atoms with Gasteiger partial charge in [0.15, 0.2) is 12.4 Å². The lowest BCUT2D eigenvalue weighted by Gasteiger charge is -2.32. The molecule has 2 amide bonds. The van der Waals surface area contributed by atoms with Crippen LogP contribution in [0.2, 0.25) is 0 Å². The Labute approximate surface area is 231 Å². The van der Waals surface area contributed by atoms with Crippen molar-refractivity contribution in [3.63, 3.8) is 0 Å². The van der Waals surface area contributed by atoms with Gasteiger partial charge in [-0.25, -0.2) is 4.39 Å². The zero-order valence-electron chi connectivity index (χ0n) is 22.9. The standard InChI is InChI=1S/C31H42FN3O4/c32-25-11-8-9-23(21-25)16-18-33-19-17-29(38)35(26-12-5-1-2-6-13-26)20-7-3-4-10-24-14-15-27(36)30-31(24)39-22-28(37)34-30/h8-9,11,14-15,21,26,33,36H,1-7,10,12-13,16-20,22H2,(H,34,37). The van der Waals surface area contributed by atoms with Crippen molar-refractivity contribution in [2.45, 2.75) is 83.1 Å². The molecule has 0 aromatic heterocycles. The van der Waals surface area contributed by atoms with E-state index in [4.69, 9.17) is 4.74 Å². The Hall–Kier alpha value is -3.13. The van der Waals surface area contributed by atoms with Crippen molar-refractivity contribution in [1.82, 2.24) is 10.2 Å². The zero-order chi connectivity index (χ0) is 27.5. The van der Waals surface area contributed by atoms with Gasteiger partial charge < -0.3 is 25.4 Å². The number of hydrogen-bond acceptors (Lipinski definition) is 5. The summed E-state index contributed by atoms with van der Waals surface area (Å²) in [5.41, 5.74) is 2.29. The molecular weight excluding hydrogens is 497 g/mol. The predicted octanol–water partition coefficient (Wildman–Crippen LogP) is 5.35. The molecule has 1 saturated carbocycles. The van der Waals surface area contributed by atoms with Crippen molar-refractivity contribution in [3.8, 4) is 11.5 Å². The molecule has 0 atom stereocenters. The van der Waals surface area contributed by atoms with E-state index in [0.717, 1.165) is 62.6 Å². The molecular formula is C31H42FN3O4. The molecule has 0 radical (unpaired) electrons. The van der Waals surface area contributed by atoms with E-state index >= 15 is 0 Å². The lowest BCUT2D eigenvalue weighted by Crippen LogP contribution is -2.42. The number of unbranched alkanes of at least 4 members (excludes halogenated alkanes) is 2. The number of anilines is 1. The lowest BCUT2D eigenvalue weighted by atomic mass is 10.0. The maximum atomic E-state index is 13.4. The van der Waals surface area contributed by atoms with Gasteiger partial charge in [-0.3, -0.25) is 9.59 Å². The van der Waals surface area contributed by atoms with Crippen molar-refractivity contribution >= 4 is 17.5 Å². The summed E-state index contributed by atoms with van der Waals surface area (Å²) in [5, 5.41) is 16.1. The van der Waals surface area contributed by atoms with Gasteiger partial charge in [-0.1, -0.05) is 50.3 Å². The van der Waals surface area contributed by atoms with Gasteiger partial charge in [-0.2, -0.15) is 0 Å². The van der Waals surface area contributed by atoms with Gasteiger partial charge in [0.05, 0.1) is 0 Å². The first-order valence-corrected chi connectivity index (χ1v) is 14.5. The summed E-state index contributed by atoms with van der Waals surface area (Å²) >= 11 is 0. The van der Waals surface area contributed by atoms with E-state index in [0.29, 0.717) is 37.0 Å². The molecule has 1 aliphatic carbocycles. The van der Waals surface area contributed by atoms with Crippen molar-refractivity contribution in [2.24, 2.45) is 0 Å². The Morgan fingerprint density at radius 2 is 1.87 bits per heavy atom. The van der Waals surface area contributed by atoms with E-state index in [2.05, 4.69) is 15.5 Å². The van der Waals surface area contributed by atoms with Gasteiger partial charge in [0.25, 0.3) is 5.91 Å². The number of ether oxygens (including phenoxy) is 1. The van der Waals surface area contributed by atoms with Gasteiger partial charge in [0, 0.05) is 25.6 Å². The number of halogens is 1. The third-order valence-corrected chi connectivity index (χ3v) is 7.76. The van der Waals surface area contributed by atoms with Crippen LogP contribution in [0, 0.1) is 5.82 Å². The molecule has 1 heterocycles. The van der Waals surface area contributed by atoms with E-state index in [1.807, 2.05) is 12.1 Å². The van der Waals surface area contributed by atoms with Crippen molar-refractivity contribution < 1.29 is 23.8 Å². The molecule has 2 aliphatic rings. The second kappa shape index (κ2) is 14.9. The van der Waals surface area contributed by atoms with Crippen LogP contribution >= 0.6 is 0 Å². The summed E-state index contributed by atoms with van der Waals surface area (Å²) in [6, 6.07) is 10.4. The van der Waals surface area contributed by atoms with E-state index in [-0.39, 0.29) is 30.0 Å². The van der Waals surface area contributed by atoms with E-state index in [9.17, 15) is 19.1 Å². The van der Waals surface area contributed by atoms with Crippen molar-refractivity contribution in [3.05, 3.63) is 53.3 Å². The Morgan fingerprint density at radius 3 is 2.67 bits per heavy atom. The topological polar surface area (TPSA) is 90.9 Å². The summed E-state index contributed by atoms with van der Waals surface area (Å²) in [7, 11) is 0. The average Bonchev–Trinajstić information content (AvgIpc) is 3.21. The van der Waals surface area contributed by atoms with Gasteiger partial charge in [0.1, 0.15) is 17.3 Å². The number of rotatable bonds is 13. The first-order chi connectivity index (χ1) is 19.0. The fraction of sp³-hybridized carbons (Fsp3) is 0.548. The third-order valence-electron chi connectivity index (χ3n) is 7.76. The number of phenols is 1. The number of fused-ring (bicyclic) bond motifs is 1. The Balaban J connectivity index is 1.23. The fourth-order valence-corrected chi connectivity index (χ4v) is 5.66. The summed E-state index contributed by atoms with van der Waals surface area (Å²) in [4.78, 5) is 27.1. The lowest BCUT2D eigenvalue weighted by molar-refractivity contribution is -0.133. The number of nitrogens with one attached hydrogen (secondary N) is 2. The van der Waals surface area contributed by atoms with Gasteiger partial charge in [-0.05, 0) is 74.4 Å². The molecule has 2 aromatic carbocycles.